The summed E-state index contributed by atoms with van der Waals surface area (Å²) in [6.07, 6.45) is 10.8. The van der Waals surface area contributed by atoms with E-state index in [9.17, 15) is 0 Å². The molecule has 0 unspecified atom stereocenters. The Morgan fingerprint density at radius 2 is 2.04 bits per heavy atom. The number of aryl methyl sites for hydroxylation is 1. The zero-order chi connectivity index (χ0) is 17.4. The second-order valence-corrected chi connectivity index (χ2v) is 6.88. The van der Waals surface area contributed by atoms with Gasteiger partial charge in [0, 0.05) is 34.6 Å². The highest BCUT2D eigenvalue weighted by Gasteiger charge is 2.19. The third-order valence-electron chi connectivity index (χ3n) is 5.33. The van der Waals surface area contributed by atoms with Gasteiger partial charge in [0.25, 0.3) is 0 Å². The normalized spacial score (nSPS) is 14.9. The van der Waals surface area contributed by atoms with Crippen molar-refractivity contribution in [1.29, 1.82) is 0 Å². The molecule has 0 aromatic carbocycles. The standard InChI is InChI=1S/C22H23N3/c1-4-17-14-23-25-12-11-19(13-22(17)25)15(2)20-9-10-21(24-16(20)3)18-7-5-6-8-18/h4,9-14,18H,1-2,5-8H2,3H3. The molecular formula is C22H23N3. The summed E-state index contributed by atoms with van der Waals surface area (Å²) in [5.41, 5.74) is 7.59. The summed E-state index contributed by atoms with van der Waals surface area (Å²) in [6.45, 7) is 10.3. The molecule has 1 aliphatic rings. The Morgan fingerprint density at radius 1 is 1.24 bits per heavy atom. The van der Waals surface area contributed by atoms with Gasteiger partial charge in [0.05, 0.1) is 11.7 Å². The molecule has 3 aromatic heterocycles. The zero-order valence-corrected chi connectivity index (χ0v) is 14.7. The summed E-state index contributed by atoms with van der Waals surface area (Å²) >= 11 is 0. The molecule has 3 aromatic rings. The molecule has 0 spiro atoms. The van der Waals surface area contributed by atoms with E-state index in [4.69, 9.17) is 4.98 Å². The van der Waals surface area contributed by atoms with E-state index in [0.717, 1.165) is 33.5 Å². The summed E-state index contributed by atoms with van der Waals surface area (Å²) in [4.78, 5) is 4.89. The lowest BCUT2D eigenvalue weighted by atomic mass is 9.96. The van der Waals surface area contributed by atoms with Crippen LogP contribution in [0.1, 0.15) is 59.7 Å². The van der Waals surface area contributed by atoms with E-state index < -0.39 is 0 Å². The van der Waals surface area contributed by atoms with Gasteiger partial charge in [-0.15, -0.1) is 0 Å². The first-order valence-electron chi connectivity index (χ1n) is 8.94. The summed E-state index contributed by atoms with van der Waals surface area (Å²) in [7, 11) is 0. The number of hydrogen-bond donors (Lipinski definition) is 0. The third kappa shape index (κ3) is 2.80. The Kier molecular flexibility index (Phi) is 4.00. The molecule has 1 fully saturated rings. The average molecular weight is 329 g/mol. The van der Waals surface area contributed by atoms with Crippen LogP contribution in [0.5, 0.6) is 0 Å². The lowest BCUT2D eigenvalue weighted by Crippen LogP contribution is -2.01. The average Bonchev–Trinajstić information content (AvgIpc) is 3.30. The molecule has 1 aliphatic carbocycles. The number of rotatable bonds is 4. The second-order valence-electron chi connectivity index (χ2n) is 6.88. The Hall–Kier alpha value is -2.68. The van der Waals surface area contributed by atoms with Crippen LogP contribution in [0.4, 0.5) is 0 Å². The summed E-state index contributed by atoms with van der Waals surface area (Å²) < 4.78 is 1.86. The fourth-order valence-corrected chi connectivity index (χ4v) is 3.85. The molecular weight excluding hydrogens is 306 g/mol. The van der Waals surface area contributed by atoms with Gasteiger partial charge in [0.2, 0.25) is 0 Å². The highest BCUT2D eigenvalue weighted by Crippen LogP contribution is 2.34. The van der Waals surface area contributed by atoms with Crippen LogP contribution in [0.2, 0.25) is 0 Å². The summed E-state index contributed by atoms with van der Waals surface area (Å²) in [5.74, 6) is 0.638. The van der Waals surface area contributed by atoms with Crippen LogP contribution in [0.25, 0.3) is 17.2 Å². The van der Waals surface area contributed by atoms with Gasteiger partial charge in [-0.05, 0) is 49.1 Å². The van der Waals surface area contributed by atoms with E-state index in [1.54, 1.807) is 0 Å². The molecule has 1 saturated carbocycles. The van der Waals surface area contributed by atoms with Gasteiger partial charge in [-0.2, -0.15) is 5.10 Å². The molecule has 0 N–H and O–H groups in total. The van der Waals surface area contributed by atoms with Gasteiger partial charge < -0.3 is 0 Å². The van der Waals surface area contributed by atoms with Crippen molar-refractivity contribution in [3.8, 4) is 0 Å². The van der Waals surface area contributed by atoms with E-state index in [1.165, 1.54) is 31.4 Å². The molecule has 0 radical (unpaired) electrons. The maximum atomic E-state index is 4.89. The van der Waals surface area contributed by atoms with Gasteiger partial charge in [-0.1, -0.05) is 38.1 Å². The van der Waals surface area contributed by atoms with Crippen LogP contribution >= 0.6 is 0 Å². The highest BCUT2D eigenvalue weighted by molar-refractivity contribution is 5.82. The molecule has 0 aliphatic heterocycles. The van der Waals surface area contributed by atoms with Crippen LogP contribution in [0, 0.1) is 6.92 Å². The van der Waals surface area contributed by atoms with Gasteiger partial charge in [-0.25, -0.2) is 4.52 Å². The number of nitrogens with zero attached hydrogens (tertiary/aromatic N) is 3. The molecule has 3 heterocycles. The maximum Gasteiger partial charge on any atom is 0.0739 e. The molecule has 3 heteroatoms. The number of fused-ring (bicyclic) bond motifs is 1. The lowest BCUT2D eigenvalue weighted by molar-refractivity contribution is 0.694. The first kappa shape index (κ1) is 15.8. The minimum atomic E-state index is 0.638. The van der Waals surface area contributed by atoms with Crippen LogP contribution in [0.15, 0.2) is 49.8 Å². The van der Waals surface area contributed by atoms with Crippen LogP contribution in [-0.2, 0) is 0 Å². The van der Waals surface area contributed by atoms with Crippen molar-refractivity contribution >= 4 is 17.2 Å². The second kappa shape index (κ2) is 6.32. The first-order valence-corrected chi connectivity index (χ1v) is 8.94. The monoisotopic (exact) mass is 329 g/mol. The summed E-state index contributed by atoms with van der Waals surface area (Å²) in [6, 6.07) is 8.56. The van der Waals surface area contributed by atoms with Crippen molar-refractivity contribution in [1.82, 2.24) is 14.6 Å². The van der Waals surface area contributed by atoms with Crippen molar-refractivity contribution < 1.29 is 0 Å². The number of pyridine rings is 2. The molecule has 4 rings (SSSR count). The fraction of sp³-hybridized carbons (Fsp3) is 0.273. The Balaban J connectivity index is 1.69. The molecule has 25 heavy (non-hydrogen) atoms. The van der Waals surface area contributed by atoms with Crippen LogP contribution in [0.3, 0.4) is 0 Å². The Morgan fingerprint density at radius 3 is 2.76 bits per heavy atom. The van der Waals surface area contributed by atoms with Gasteiger partial charge in [0.1, 0.15) is 0 Å². The third-order valence-corrected chi connectivity index (χ3v) is 5.33. The van der Waals surface area contributed by atoms with E-state index in [1.807, 2.05) is 23.0 Å². The molecule has 0 atom stereocenters. The highest BCUT2D eigenvalue weighted by atomic mass is 15.2. The van der Waals surface area contributed by atoms with Gasteiger partial charge in [-0.3, -0.25) is 4.98 Å². The van der Waals surface area contributed by atoms with Crippen molar-refractivity contribution in [2.24, 2.45) is 0 Å². The lowest BCUT2D eigenvalue weighted by Gasteiger charge is -2.14. The van der Waals surface area contributed by atoms with Gasteiger partial charge in [0.15, 0.2) is 0 Å². The maximum absolute atomic E-state index is 4.89. The van der Waals surface area contributed by atoms with Crippen molar-refractivity contribution in [2.45, 2.75) is 38.5 Å². The van der Waals surface area contributed by atoms with Crippen molar-refractivity contribution in [3.63, 3.8) is 0 Å². The molecule has 0 amide bonds. The predicted octanol–water partition coefficient (Wildman–Crippen LogP) is 5.40. The van der Waals surface area contributed by atoms with E-state index >= 15 is 0 Å². The molecule has 3 nitrogen and oxygen atoms in total. The van der Waals surface area contributed by atoms with Gasteiger partial charge >= 0.3 is 0 Å². The van der Waals surface area contributed by atoms with E-state index in [-0.39, 0.29) is 0 Å². The fourth-order valence-electron chi connectivity index (χ4n) is 3.85. The van der Waals surface area contributed by atoms with Crippen molar-refractivity contribution in [3.05, 3.63) is 77.9 Å². The minimum absolute atomic E-state index is 0.638. The Bertz CT molecular complexity index is 959. The van der Waals surface area contributed by atoms with E-state index in [0.29, 0.717) is 5.92 Å². The first-order chi connectivity index (χ1) is 12.2. The number of hydrogen-bond acceptors (Lipinski definition) is 2. The largest absolute Gasteiger partial charge is 0.257 e. The predicted molar refractivity (Wildman–Crippen MR) is 104 cm³/mol. The number of aromatic nitrogens is 3. The Labute approximate surface area is 148 Å². The molecule has 0 saturated heterocycles. The minimum Gasteiger partial charge on any atom is -0.257 e. The SMILES string of the molecule is C=Cc1cnn2ccc(C(=C)c3ccc(C4CCCC4)nc3C)cc12. The molecule has 126 valence electrons. The topological polar surface area (TPSA) is 30.2 Å². The molecule has 0 bridgehead atoms. The van der Waals surface area contributed by atoms with E-state index in [2.05, 4.69) is 49.4 Å². The zero-order valence-electron chi connectivity index (χ0n) is 14.7. The van der Waals surface area contributed by atoms with Crippen LogP contribution < -0.4 is 0 Å². The quantitative estimate of drug-likeness (QED) is 0.641. The van der Waals surface area contributed by atoms with Crippen LogP contribution in [-0.4, -0.2) is 14.6 Å². The van der Waals surface area contributed by atoms with Crippen molar-refractivity contribution in [2.75, 3.05) is 0 Å². The smallest absolute Gasteiger partial charge is 0.0739 e. The summed E-state index contributed by atoms with van der Waals surface area (Å²) in [5, 5.41) is 4.34.